The maximum atomic E-state index is 14.1. The van der Waals surface area contributed by atoms with Gasteiger partial charge in [0, 0.05) is 11.5 Å². The Morgan fingerprint density at radius 3 is 1.54 bits per heavy atom. The Kier molecular flexibility index (Phi) is 6.52. The Hall–Kier alpha value is -6.48. The molecule has 0 radical (unpaired) electrons. The first-order valence-electron chi connectivity index (χ1n) is 14.0. The van der Waals surface area contributed by atoms with Crippen LogP contribution in [0, 0.1) is 74.5 Å². The molecular formula is C38H16F4N4. The molecule has 0 saturated heterocycles. The van der Waals surface area contributed by atoms with Crippen LogP contribution in [0.25, 0.3) is 50.1 Å². The lowest BCUT2D eigenvalue weighted by Crippen LogP contribution is -2.08. The fourth-order valence-electron chi connectivity index (χ4n) is 6.55. The molecule has 5 aromatic rings. The Labute approximate surface area is 260 Å². The maximum Gasteiger partial charge on any atom is 0.159 e. The predicted octanol–water partition coefficient (Wildman–Crippen LogP) is 9.18. The quantitative estimate of drug-likeness (QED) is 0.149. The van der Waals surface area contributed by atoms with Gasteiger partial charge in [0.1, 0.15) is 23.6 Å². The molecule has 1 unspecified atom stereocenters. The van der Waals surface area contributed by atoms with Gasteiger partial charge in [-0.2, -0.15) is 21.0 Å². The van der Waals surface area contributed by atoms with Crippen molar-refractivity contribution < 1.29 is 17.6 Å². The van der Waals surface area contributed by atoms with Gasteiger partial charge in [0.15, 0.2) is 23.3 Å². The average molecular weight is 605 g/mol. The average Bonchev–Trinajstić information content (AvgIpc) is 3.55. The number of benzene rings is 5. The van der Waals surface area contributed by atoms with Crippen molar-refractivity contribution in [3.8, 4) is 68.8 Å². The van der Waals surface area contributed by atoms with Crippen molar-refractivity contribution in [3.05, 3.63) is 136 Å². The SMILES string of the molecule is N#CC(C#N)=C1c2cc(-c3ccc(F)c(F)c3)ccc2-c2cc3c(cc21)-c1ccc(-c2ccc(F)c(F)c2)cc1C3C(C#N)C#N. The third kappa shape index (κ3) is 4.17. The topological polar surface area (TPSA) is 95.2 Å². The van der Waals surface area contributed by atoms with Crippen LogP contribution in [0.5, 0.6) is 0 Å². The summed E-state index contributed by atoms with van der Waals surface area (Å²) in [5, 5.41) is 39.9. The first-order valence-corrected chi connectivity index (χ1v) is 14.0. The highest BCUT2D eigenvalue weighted by atomic mass is 19.2. The highest BCUT2D eigenvalue weighted by Crippen LogP contribution is 2.55. The van der Waals surface area contributed by atoms with Gasteiger partial charge in [-0.25, -0.2) is 17.6 Å². The zero-order valence-electron chi connectivity index (χ0n) is 23.5. The molecule has 0 aliphatic heterocycles. The van der Waals surface area contributed by atoms with Gasteiger partial charge >= 0.3 is 0 Å². The van der Waals surface area contributed by atoms with E-state index in [0.717, 1.165) is 29.8 Å². The standard InChI is InChI=1S/C38H16F4N4/c39-33-7-3-21(11-35(33)41)19-1-5-25-27-13-32-28(14-31(27)37(29(25)9-19)23(15-43)16-44)26-6-2-20(22-4-8-34(40)36(42)12-22)10-30(26)38(32)24(17-45)18-46/h1-14,23,37H. The second-order valence-corrected chi connectivity index (χ2v) is 11.0. The molecule has 0 aromatic heterocycles. The summed E-state index contributed by atoms with van der Waals surface area (Å²) in [5.41, 5.74) is 7.48. The van der Waals surface area contributed by atoms with Gasteiger partial charge in [-0.3, -0.25) is 0 Å². The molecule has 0 heterocycles. The third-order valence-corrected chi connectivity index (χ3v) is 8.64. The molecule has 216 valence electrons. The van der Waals surface area contributed by atoms with E-state index < -0.39 is 35.1 Å². The van der Waals surface area contributed by atoms with Crippen LogP contribution in [0.1, 0.15) is 28.2 Å². The molecule has 0 bridgehead atoms. The third-order valence-electron chi connectivity index (χ3n) is 8.64. The number of hydrogen-bond acceptors (Lipinski definition) is 4. The van der Waals surface area contributed by atoms with Gasteiger partial charge < -0.3 is 0 Å². The van der Waals surface area contributed by atoms with E-state index in [9.17, 15) is 38.6 Å². The summed E-state index contributed by atoms with van der Waals surface area (Å²) >= 11 is 0. The van der Waals surface area contributed by atoms with E-state index >= 15 is 0 Å². The van der Waals surface area contributed by atoms with E-state index in [2.05, 4.69) is 12.1 Å². The largest absolute Gasteiger partial charge is 0.204 e. The van der Waals surface area contributed by atoms with Crippen molar-refractivity contribution in [1.29, 1.82) is 21.0 Å². The number of fused-ring (bicyclic) bond motifs is 6. The van der Waals surface area contributed by atoms with Crippen LogP contribution in [0.15, 0.2) is 90.5 Å². The number of allylic oxidation sites excluding steroid dienone is 1. The maximum absolute atomic E-state index is 14.1. The first-order chi connectivity index (χ1) is 22.3. The normalized spacial score (nSPS) is 13.5. The van der Waals surface area contributed by atoms with Crippen molar-refractivity contribution in [2.75, 3.05) is 0 Å². The van der Waals surface area contributed by atoms with E-state index in [1.165, 1.54) is 12.1 Å². The van der Waals surface area contributed by atoms with Gasteiger partial charge in [-0.05, 0) is 115 Å². The van der Waals surface area contributed by atoms with Crippen LogP contribution in [0.3, 0.4) is 0 Å². The number of hydrogen-bond donors (Lipinski definition) is 0. The van der Waals surface area contributed by atoms with Crippen LogP contribution in [-0.4, -0.2) is 0 Å². The van der Waals surface area contributed by atoms with Gasteiger partial charge in [0.25, 0.3) is 0 Å². The van der Waals surface area contributed by atoms with Crippen molar-refractivity contribution >= 4 is 5.57 Å². The van der Waals surface area contributed by atoms with E-state index in [1.807, 2.05) is 24.3 Å². The summed E-state index contributed by atoms with van der Waals surface area (Å²) in [6.45, 7) is 0. The minimum absolute atomic E-state index is 0.141. The Morgan fingerprint density at radius 1 is 0.478 bits per heavy atom. The van der Waals surface area contributed by atoms with E-state index in [0.29, 0.717) is 66.8 Å². The molecule has 0 spiro atoms. The number of rotatable bonds is 3. The first kappa shape index (κ1) is 28.3. The summed E-state index contributed by atoms with van der Waals surface area (Å²) < 4.78 is 55.5. The lowest BCUT2D eigenvalue weighted by Gasteiger charge is -2.16. The second kappa shape index (κ2) is 10.6. The van der Waals surface area contributed by atoms with Crippen LogP contribution in [0.2, 0.25) is 0 Å². The Balaban J connectivity index is 1.45. The zero-order valence-corrected chi connectivity index (χ0v) is 23.5. The van der Waals surface area contributed by atoms with E-state index in [4.69, 9.17) is 0 Å². The highest BCUT2D eigenvalue weighted by Gasteiger charge is 2.38. The summed E-state index contributed by atoms with van der Waals surface area (Å²) in [7, 11) is 0. The van der Waals surface area contributed by atoms with Gasteiger partial charge in [-0.1, -0.05) is 36.4 Å². The molecule has 2 aliphatic rings. The monoisotopic (exact) mass is 604 g/mol. The molecule has 0 fully saturated rings. The van der Waals surface area contributed by atoms with Crippen molar-refractivity contribution in [2.24, 2.45) is 5.92 Å². The molecule has 0 N–H and O–H groups in total. The Morgan fingerprint density at radius 2 is 0.978 bits per heavy atom. The van der Waals surface area contributed by atoms with Crippen LogP contribution < -0.4 is 0 Å². The molecule has 0 saturated carbocycles. The summed E-state index contributed by atoms with van der Waals surface area (Å²) in [6.07, 6.45) is 0. The second-order valence-electron chi connectivity index (χ2n) is 11.0. The smallest absolute Gasteiger partial charge is 0.159 e. The molecule has 46 heavy (non-hydrogen) atoms. The number of nitriles is 4. The molecule has 2 aliphatic carbocycles. The molecule has 1 atom stereocenters. The summed E-state index contributed by atoms with van der Waals surface area (Å²) in [6, 6.07) is 29.5. The van der Waals surface area contributed by atoms with Gasteiger partial charge in [-0.15, -0.1) is 0 Å². The van der Waals surface area contributed by atoms with E-state index in [-0.39, 0.29) is 5.57 Å². The molecule has 5 aromatic carbocycles. The van der Waals surface area contributed by atoms with Crippen LogP contribution in [0.4, 0.5) is 17.6 Å². The zero-order chi connectivity index (χ0) is 32.3. The fraction of sp³-hybridized carbons (Fsp3) is 0.0526. The highest BCUT2D eigenvalue weighted by molar-refractivity contribution is 6.07. The summed E-state index contributed by atoms with van der Waals surface area (Å²) in [4.78, 5) is 0. The van der Waals surface area contributed by atoms with Gasteiger partial charge in [0.05, 0.1) is 12.1 Å². The van der Waals surface area contributed by atoms with Crippen molar-refractivity contribution in [2.45, 2.75) is 5.92 Å². The molecule has 4 nitrogen and oxygen atoms in total. The van der Waals surface area contributed by atoms with Crippen LogP contribution in [-0.2, 0) is 0 Å². The summed E-state index contributed by atoms with van der Waals surface area (Å²) in [5.74, 6) is -5.74. The number of halogens is 4. The Bertz CT molecular complexity index is 2350. The minimum Gasteiger partial charge on any atom is -0.204 e. The lowest BCUT2D eigenvalue weighted by atomic mass is 9.84. The molecule has 7 rings (SSSR count). The van der Waals surface area contributed by atoms with E-state index in [1.54, 1.807) is 36.4 Å². The number of nitrogens with zero attached hydrogens (tertiary/aromatic N) is 4. The fourth-order valence-corrected chi connectivity index (χ4v) is 6.55. The molecule has 8 heteroatoms. The van der Waals surface area contributed by atoms with Gasteiger partial charge in [0.2, 0.25) is 0 Å². The molecular weight excluding hydrogens is 588 g/mol. The van der Waals surface area contributed by atoms with Crippen LogP contribution >= 0.6 is 0 Å². The minimum atomic E-state index is -1.08. The predicted molar refractivity (Wildman–Crippen MR) is 162 cm³/mol. The molecule has 0 amide bonds. The van der Waals surface area contributed by atoms with Crippen molar-refractivity contribution in [3.63, 3.8) is 0 Å². The van der Waals surface area contributed by atoms with Crippen molar-refractivity contribution in [1.82, 2.24) is 0 Å². The lowest BCUT2D eigenvalue weighted by molar-refractivity contribution is 0.509.